The molecular formula is C14H16F3N3O. The molecule has 0 aliphatic carbocycles. The van der Waals surface area contributed by atoms with Gasteiger partial charge in [0.2, 0.25) is 0 Å². The van der Waals surface area contributed by atoms with E-state index in [-0.39, 0.29) is 29.7 Å². The molecule has 114 valence electrons. The van der Waals surface area contributed by atoms with Crippen molar-refractivity contribution in [2.45, 2.75) is 50.0 Å². The van der Waals surface area contributed by atoms with Gasteiger partial charge in [-0.05, 0) is 37.8 Å². The Labute approximate surface area is 120 Å². The van der Waals surface area contributed by atoms with E-state index in [4.69, 9.17) is 5.73 Å². The van der Waals surface area contributed by atoms with Crippen molar-refractivity contribution in [3.63, 3.8) is 0 Å². The standard InChI is InChI=1S/C14H16F3N3O/c15-14(16,17)8-1-4-12(19-7-8)13(21)20-10-2-3-11(20)6-9(18)5-10/h1,4,7,9-11H,2-3,5-6,18H2. The van der Waals surface area contributed by atoms with Crippen LogP contribution in [0.4, 0.5) is 13.2 Å². The van der Waals surface area contributed by atoms with E-state index in [0.29, 0.717) is 6.20 Å². The molecule has 0 saturated carbocycles. The first-order valence-electron chi connectivity index (χ1n) is 6.98. The number of piperidine rings is 1. The van der Waals surface area contributed by atoms with E-state index in [9.17, 15) is 18.0 Å². The lowest BCUT2D eigenvalue weighted by Crippen LogP contribution is -2.50. The number of carbonyl (C=O) groups excluding carboxylic acids is 1. The summed E-state index contributed by atoms with van der Waals surface area (Å²) in [5.41, 5.74) is 5.17. The van der Waals surface area contributed by atoms with Gasteiger partial charge in [-0.15, -0.1) is 0 Å². The van der Waals surface area contributed by atoms with Crippen molar-refractivity contribution in [3.05, 3.63) is 29.6 Å². The van der Waals surface area contributed by atoms with Crippen LogP contribution < -0.4 is 5.73 Å². The van der Waals surface area contributed by atoms with Gasteiger partial charge in [0.1, 0.15) is 5.69 Å². The fourth-order valence-electron chi connectivity index (χ4n) is 3.37. The quantitative estimate of drug-likeness (QED) is 0.865. The predicted octanol–water partition coefficient (Wildman–Crippen LogP) is 2.19. The zero-order chi connectivity index (χ0) is 15.2. The predicted molar refractivity (Wildman–Crippen MR) is 69.4 cm³/mol. The summed E-state index contributed by atoms with van der Waals surface area (Å²) in [4.78, 5) is 17.9. The maximum absolute atomic E-state index is 12.5. The van der Waals surface area contributed by atoms with Crippen molar-refractivity contribution in [2.75, 3.05) is 0 Å². The van der Waals surface area contributed by atoms with Crippen LogP contribution >= 0.6 is 0 Å². The van der Waals surface area contributed by atoms with Crippen LogP contribution in [-0.2, 0) is 6.18 Å². The SMILES string of the molecule is NC1CC2CCC(C1)N2C(=O)c1ccc(C(F)(F)F)cn1. The Bertz CT molecular complexity index is 529. The molecule has 0 spiro atoms. The van der Waals surface area contributed by atoms with Gasteiger partial charge in [0.15, 0.2) is 0 Å². The number of fused-ring (bicyclic) bond motifs is 2. The first-order valence-corrected chi connectivity index (χ1v) is 6.98. The minimum absolute atomic E-state index is 0.0652. The van der Waals surface area contributed by atoms with E-state index >= 15 is 0 Å². The molecular weight excluding hydrogens is 283 g/mol. The third kappa shape index (κ3) is 2.62. The van der Waals surface area contributed by atoms with Crippen LogP contribution in [0.5, 0.6) is 0 Å². The Hall–Kier alpha value is -1.63. The number of amides is 1. The maximum atomic E-state index is 12.5. The van der Waals surface area contributed by atoms with Crippen molar-refractivity contribution in [1.29, 1.82) is 0 Å². The molecule has 2 atom stereocenters. The number of nitrogens with zero attached hydrogens (tertiary/aromatic N) is 2. The number of halogens is 3. The van der Waals surface area contributed by atoms with Crippen LogP contribution in [0.3, 0.4) is 0 Å². The molecule has 7 heteroatoms. The van der Waals surface area contributed by atoms with Crippen LogP contribution in [0, 0.1) is 0 Å². The second-order valence-electron chi connectivity index (χ2n) is 5.76. The third-order valence-corrected chi connectivity index (χ3v) is 4.31. The smallest absolute Gasteiger partial charge is 0.331 e. The van der Waals surface area contributed by atoms with Gasteiger partial charge in [0, 0.05) is 24.3 Å². The van der Waals surface area contributed by atoms with Crippen molar-refractivity contribution >= 4 is 5.91 Å². The minimum Gasteiger partial charge on any atom is -0.331 e. The highest BCUT2D eigenvalue weighted by atomic mass is 19.4. The van der Waals surface area contributed by atoms with Crippen LogP contribution in [0.2, 0.25) is 0 Å². The van der Waals surface area contributed by atoms with E-state index < -0.39 is 11.7 Å². The topological polar surface area (TPSA) is 59.2 Å². The highest BCUT2D eigenvalue weighted by molar-refractivity contribution is 5.93. The second-order valence-corrected chi connectivity index (χ2v) is 5.76. The number of hydrogen-bond acceptors (Lipinski definition) is 3. The minimum atomic E-state index is -4.44. The number of nitrogens with two attached hydrogens (primary N) is 1. The summed E-state index contributed by atoms with van der Waals surface area (Å²) in [6.07, 6.45) is -0.405. The highest BCUT2D eigenvalue weighted by Crippen LogP contribution is 2.36. The van der Waals surface area contributed by atoms with Crippen LogP contribution in [0.1, 0.15) is 41.7 Å². The molecule has 0 aromatic carbocycles. The van der Waals surface area contributed by atoms with Crippen LogP contribution in [-0.4, -0.2) is 33.9 Å². The van der Waals surface area contributed by atoms with Gasteiger partial charge in [0.25, 0.3) is 5.91 Å². The zero-order valence-corrected chi connectivity index (χ0v) is 11.3. The monoisotopic (exact) mass is 299 g/mol. The van der Waals surface area contributed by atoms with Gasteiger partial charge in [-0.25, -0.2) is 0 Å². The van der Waals surface area contributed by atoms with Crippen molar-refractivity contribution in [3.8, 4) is 0 Å². The summed E-state index contributed by atoms with van der Waals surface area (Å²) in [6, 6.07) is 2.34. The van der Waals surface area contributed by atoms with E-state index in [1.807, 2.05) is 0 Å². The molecule has 2 unspecified atom stereocenters. The first kappa shape index (κ1) is 14.3. The molecule has 1 amide bonds. The third-order valence-electron chi connectivity index (χ3n) is 4.31. The molecule has 21 heavy (non-hydrogen) atoms. The molecule has 2 N–H and O–H groups in total. The van der Waals surface area contributed by atoms with E-state index in [1.54, 1.807) is 4.90 Å². The van der Waals surface area contributed by atoms with Gasteiger partial charge >= 0.3 is 6.18 Å². The maximum Gasteiger partial charge on any atom is 0.417 e. The fourth-order valence-corrected chi connectivity index (χ4v) is 3.37. The van der Waals surface area contributed by atoms with Gasteiger partial charge < -0.3 is 10.6 Å². The van der Waals surface area contributed by atoms with E-state index in [2.05, 4.69) is 4.98 Å². The Kier molecular flexibility index (Phi) is 3.39. The van der Waals surface area contributed by atoms with E-state index in [1.165, 1.54) is 0 Å². The van der Waals surface area contributed by atoms with Gasteiger partial charge in [-0.3, -0.25) is 9.78 Å². The first-order chi connectivity index (χ1) is 9.86. The Morgan fingerprint density at radius 1 is 1.24 bits per heavy atom. The number of alkyl halides is 3. The number of rotatable bonds is 1. The molecule has 4 nitrogen and oxygen atoms in total. The Morgan fingerprint density at radius 3 is 2.33 bits per heavy atom. The second kappa shape index (κ2) is 4.98. The van der Waals surface area contributed by atoms with Crippen LogP contribution in [0.25, 0.3) is 0 Å². The van der Waals surface area contributed by atoms with Crippen molar-refractivity contribution < 1.29 is 18.0 Å². The Balaban J connectivity index is 1.80. The molecule has 2 aliphatic rings. The molecule has 2 fully saturated rings. The van der Waals surface area contributed by atoms with E-state index in [0.717, 1.165) is 37.8 Å². The lowest BCUT2D eigenvalue weighted by Gasteiger charge is -2.37. The summed E-state index contributed by atoms with van der Waals surface area (Å²) in [5, 5.41) is 0. The lowest BCUT2D eigenvalue weighted by atomic mass is 9.98. The summed E-state index contributed by atoms with van der Waals surface area (Å²) in [5.74, 6) is -0.289. The summed E-state index contributed by atoms with van der Waals surface area (Å²) in [7, 11) is 0. The average molecular weight is 299 g/mol. The van der Waals surface area contributed by atoms with Crippen LogP contribution in [0.15, 0.2) is 18.3 Å². The van der Waals surface area contributed by atoms with Gasteiger partial charge in [0.05, 0.1) is 5.56 Å². The number of pyridine rings is 1. The molecule has 0 radical (unpaired) electrons. The van der Waals surface area contributed by atoms with Crippen molar-refractivity contribution in [1.82, 2.24) is 9.88 Å². The fraction of sp³-hybridized carbons (Fsp3) is 0.571. The summed E-state index contributed by atoms with van der Waals surface area (Å²) >= 11 is 0. The zero-order valence-electron chi connectivity index (χ0n) is 11.3. The molecule has 1 aromatic rings. The molecule has 3 rings (SSSR count). The molecule has 2 aliphatic heterocycles. The molecule has 2 bridgehead atoms. The van der Waals surface area contributed by atoms with Gasteiger partial charge in [-0.2, -0.15) is 13.2 Å². The lowest BCUT2D eigenvalue weighted by molar-refractivity contribution is -0.137. The number of hydrogen-bond donors (Lipinski definition) is 1. The Morgan fingerprint density at radius 2 is 1.86 bits per heavy atom. The highest BCUT2D eigenvalue weighted by Gasteiger charge is 2.43. The molecule has 3 heterocycles. The summed E-state index contributed by atoms with van der Waals surface area (Å²) in [6.45, 7) is 0. The number of carbonyl (C=O) groups is 1. The van der Waals surface area contributed by atoms with Crippen molar-refractivity contribution in [2.24, 2.45) is 5.73 Å². The normalized spacial score (nSPS) is 28.8. The molecule has 1 aromatic heterocycles. The largest absolute Gasteiger partial charge is 0.417 e. The summed E-state index contributed by atoms with van der Waals surface area (Å²) < 4.78 is 37.5. The number of aromatic nitrogens is 1. The average Bonchev–Trinajstić information content (AvgIpc) is 2.69. The van der Waals surface area contributed by atoms with Gasteiger partial charge in [-0.1, -0.05) is 0 Å². The molecule has 2 saturated heterocycles.